The van der Waals surface area contributed by atoms with Crippen LogP contribution in [0.5, 0.6) is 0 Å². The van der Waals surface area contributed by atoms with Crippen LogP contribution in [0.1, 0.15) is 72.1 Å². The Hall–Kier alpha value is -1.64. The van der Waals surface area contributed by atoms with E-state index in [-0.39, 0.29) is 17.8 Å². The van der Waals surface area contributed by atoms with Crippen molar-refractivity contribution in [3.8, 4) is 0 Å². The molecule has 0 radical (unpaired) electrons. The molecular weight excluding hydrogens is 300 g/mol. The maximum absolute atomic E-state index is 12.8. The third-order valence-corrected chi connectivity index (χ3v) is 6.37. The molecule has 130 valence electrons. The summed E-state index contributed by atoms with van der Waals surface area (Å²) in [6.07, 6.45) is 9.55. The maximum Gasteiger partial charge on any atom is 0.303 e. The van der Waals surface area contributed by atoms with Crippen LogP contribution in [0, 0.1) is 11.3 Å². The Labute approximate surface area is 144 Å². The van der Waals surface area contributed by atoms with Gasteiger partial charge in [-0.05, 0) is 68.7 Å². The summed E-state index contributed by atoms with van der Waals surface area (Å²) in [5, 5.41) is 8.68. The molecule has 3 aliphatic carbocycles. The van der Waals surface area contributed by atoms with E-state index in [1.807, 2.05) is 0 Å². The first kappa shape index (κ1) is 17.2. The molecule has 0 amide bonds. The first-order valence-electron chi connectivity index (χ1n) is 9.28. The lowest BCUT2D eigenvalue weighted by atomic mass is 9.70. The second kappa shape index (κ2) is 6.34. The molecule has 3 heteroatoms. The zero-order chi connectivity index (χ0) is 17.5. The molecule has 0 heterocycles. The van der Waals surface area contributed by atoms with Crippen LogP contribution in [-0.2, 0) is 9.59 Å². The second-order valence-corrected chi connectivity index (χ2v) is 7.77. The number of unbranched alkanes of at least 4 members (excludes halogenated alkanes) is 3. The van der Waals surface area contributed by atoms with Crippen LogP contribution in [-0.4, -0.2) is 16.9 Å². The van der Waals surface area contributed by atoms with E-state index in [1.165, 1.54) is 22.3 Å². The molecule has 24 heavy (non-hydrogen) atoms. The van der Waals surface area contributed by atoms with E-state index in [4.69, 9.17) is 5.11 Å². The Morgan fingerprint density at radius 3 is 2.50 bits per heavy atom. The summed E-state index contributed by atoms with van der Waals surface area (Å²) >= 11 is 0. The quantitative estimate of drug-likeness (QED) is 0.670. The standard InChI is InChI=1S/C21H28O3/c1-13-12-17-19(14(2)21(10-11-21)15(3)20(17)24)16(13)8-6-4-5-7-9-18(22)23/h12,15H,4-11H2,1-3H3,(H,22,23)/t15-/m1/s1. The topological polar surface area (TPSA) is 54.4 Å². The number of rotatable bonds is 7. The molecule has 1 atom stereocenters. The first-order valence-corrected chi connectivity index (χ1v) is 9.28. The third-order valence-electron chi connectivity index (χ3n) is 6.37. The largest absolute Gasteiger partial charge is 0.481 e. The lowest BCUT2D eigenvalue weighted by molar-refractivity contribution is -0.137. The van der Waals surface area contributed by atoms with E-state index in [0.717, 1.165) is 50.5 Å². The summed E-state index contributed by atoms with van der Waals surface area (Å²) in [5.74, 6) is -0.233. The van der Waals surface area contributed by atoms with Crippen LogP contribution < -0.4 is 0 Å². The summed E-state index contributed by atoms with van der Waals surface area (Å²) in [7, 11) is 0. The Morgan fingerprint density at radius 2 is 1.88 bits per heavy atom. The van der Waals surface area contributed by atoms with Gasteiger partial charge >= 0.3 is 5.97 Å². The van der Waals surface area contributed by atoms with Crippen molar-refractivity contribution in [1.82, 2.24) is 0 Å². The number of Topliss-reactive ketones (excluding diaryl/α,β-unsaturated/α-hetero) is 1. The van der Waals surface area contributed by atoms with E-state index >= 15 is 0 Å². The minimum absolute atomic E-state index is 0.135. The molecule has 3 rings (SSSR count). The van der Waals surface area contributed by atoms with Crippen LogP contribution in [0.25, 0.3) is 0 Å². The summed E-state index contributed by atoms with van der Waals surface area (Å²) in [4.78, 5) is 23.3. The maximum atomic E-state index is 12.8. The van der Waals surface area contributed by atoms with Gasteiger partial charge in [0.15, 0.2) is 5.78 Å². The first-order chi connectivity index (χ1) is 11.4. The van der Waals surface area contributed by atoms with Crippen LogP contribution in [0.3, 0.4) is 0 Å². The van der Waals surface area contributed by atoms with Crippen LogP contribution in [0.2, 0.25) is 0 Å². The molecule has 1 fully saturated rings. The normalized spacial score (nSPS) is 24.5. The molecule has 1 spiro atoms. The fourth-order valence-electron chi connectivity index (χ4n) is 4.61. The Kier molecular flexibility index (Phi) is 4.54. The molecule has 1 saturated carbocycles. The van der Waals surface area contributed by atoms with E-state index in [0.29, 0.717) is 5.78 Å². The van der Waals surface area contributed by atoms with Crippen LogP contribution in [0.4, 0.5) is 0 Å². The summed E-state index contributed by atoms with van der Waals surface area (Å²) in [6, 6.07) is 0. The van der Waals surface area contributed by atoms with Gasteiger partial charge in [-0.15, -0.1) is 0 Å². The van der Waals surface area contributed by atoms with Crippen LogP contribution in [0.15, 0.2) is 33.9 Å². The van der Waals surface area contributed by atoms with Gasteiger partial charge in [-0.25, -0.2) is 0 Å². The smallest absolute Gasteiger partial charge is 0.303 e. The highest BCUT2D eigenvalue weighted by atomic mass is 16.4. The van der Waals surface area contributed by atoms with Gasteiger partial charge in [-0.1, -0.05) is 25.3 Å². The number of carboxylic acids is 1. The minimum atomic E-state index is -0.705. The molecule has 0 unspecified atom stereocenters. The molecule has 0 aromatic heterocycles. The van der Waals surface area contributed by atoms with Gasteiger partial charge in [0, 0.05) is 23.3 Å². The van der Waals surface area contributed by atoms with Crippen molar-refractivity contribution in [2.75, 3.05) is 0 Å². The minimum Gasteiger partial charge on any atom is -0.481 e. The number of carbonyl (C=O) groups excluding carboxylic acids is 1. The van der Waals surface area contributed by atoms with Gasteiger partial charge in [-0.3, -0.25) is 9.59 Å². The molecular formula is C21H28O3. The molecule has 1 N–H and O–H groups in total. The highest BCUT2D eigenvalue weighted by Crippen LogP contribution is 2.63. The number of ketones is 1. The average Bonchev–Trinajstić information content (AvgIpc) is 3.27. The average molecular weight is 328 g/mol. The predicted octanol–water partition coefficient (Wildman–Crippen LogP) is 4.98. The summed E-state index contributed by atoms with van der Waals surface area (Å²) in [6.45, 7) is 6.47. The predicted molar refractivity (Wildman–Crippen MR) is 94.7 cm³/mol. The van der Waals surface area contributed by atoms with Gasteiger partial charge in [-0.2, -0.15) is 0 Å². The fraction of sp³-hybridized carbons (Fsp3) is 0.619. The van der Waals surface area contributed by atoms with Gasteiger partial charge in [0.2, 0.25) is 0 Å². The van der Waals surface area contributed by atoms with Crippen LogP contribution >= 0.6 is 0 Å². The fourth-order valence-corrected chi connectivity index (χ4v) is 4.61. The lowest BCUT2D eigenvalue weighted by Gasteiger charge is -2.32. The van der Waals surface area contributed by atoms with Crippen molar-refractivity contribution in [1.29, 1.82) is 0 Å². The molecule has 0 aromatic rings. The zero-order valence-electron chi connectivity index (χ0n) is 15.1. The number of aliphatic carboxylic acids is 1. The van der Waals surface area contributed by atoms with Crippen molar-refractivity contribution in [3.05, 3.63) is 33.9 Å². The molecule has 0 aromatic carbocycles. The molecule has 3 nitrogen and oxygen atoms in total. The number of carbonyl (C=O) groups is 2. The molecule has 0 aliphatic heterocycles. The number of carboxylic acid groups (broad SMARTS) is 1. The Morgan fingerprint density at radius 1 is 1.21 bits per heavy atom. The number of hydrogen-bond acceptors (Lipinski definition) is 2. The summed E-state index contributed by atoms with van der Waals surface area (Å²) < 4.78 is 0. The van der Waals surface area contributed by atoms with E-state index in [2.05, 4.69) is 26.8 Å². The van der Waals surface area contributed by atoms with Crippen molar-refractivity contribution in [2.24, 2.45) is 11.3 Å². The Balaban J connectivity index is 1.67. The van der Waals surface area contributed by atoms with Gasteiger partial charge in [0.1, 0.15) is 0 Å². The van der Waals surface area contributed by atoms with Crippen molar-refractivity contribution < 1.29 is 14.7 Å². The van der Waals surface area contributed by atoms with E-state index in [1.54, 1.807) is 0 Å². The molecule has 0 saturated heterocycles. The highest BCUT2D eigenvalue weighted by Gasteiger charge is 2.56. The van der Waals surface area contributed by atoms with Crippen molar-refractivity contribution in [3.63, 3.8) is 0 Å². The SMILES string of the molecule is CC1=C(CCCCCCC(=O)O)C2=C(C)C3(CC3)[C@H](C)C(=O)C2=C1. The summed E-state index contributed by atoms with van der Waals surface area (Å²) in [5.41, 5.74) is 6.43. The van der Waals surface area contributed by atoms with Gasteiger partial charge in [0.05, 0.1) is 0 Å². The number of hydrogen-bond donors (Lipinski definition) is 1. The molecule has 3 aliphatic rings. The molecule has 0 bridgehead atoms. The number of allylic oxidation sites excluding steroid dienone is 6. The Bertz CT molecular complexity index is 671. The zero-order valence-corrected chi connectivity index (χ0v) is 15.1. The second-order valence-electron chi connectivity index (χ2n) is 7.77. The third kappa shape index (κ3) is 2.78. The monoisotopic (exact) mass is 328 g/mol. The highest BCUT2D eigenvalue weighted by molar-refractivity contribution is 6.07. The number of fused-ring (bicyclic) bond motifs is 1. The van der Waals surface area contributed by atoms with Gasteiger partial charge in [0.25, 0.3) is 0 Å². The van der Waals surface area contributed by atoms with Crippen molar-refractivity contribution >= 4 is 11.8 Å². The van der Waals surface area contributed by atoms with E-state index in [9.17, 15) is 9.59 Å². The van der Waals surface area contributed by atoms with Gasteiger partial charge < -0.3 is 5.11 Å². The van der Waals surface area contributed by atoms with E-state index < -0.39 is 5.97 Å². The lowest BCUT2D eigenvalue weighted by Crippen LogP contribution is -2.31. The van der Waals surface area contributed by atoms with Crippen molar-refractivity contribution in [2.45, 2.75) is 72.1 Å².